The van der Waals surface area contributed by atoms with Gasteiger partial charge in [-0.15, -0.1) is 0 Å². The maximum Gasteiger partial charge on any atom is 0.410 e. The van der Waals surface area contributed by atoms with Gasteiger partial charge in [0.25, 0.3) is 0 Å². The largest absolute Gasteiger partial charge is 0.444 e. The van der Waals surface area contributed by atoms with Crippen LogP contribution < -0.4 is 5.73 Å². The summed E-state index contributed by atoms with van der Waals surface area (Å²) in [5.74, 6) is 0. The molecular formula is C14H29N3O2. The third-order valence-corrected chi connectivity index (χ3v) is 3.27. The van der Waals surface area contributed by atoms with Crippen LogP contribution in [0.3, 0.4) is 0 Å². The summed E-state index contributed by atoms with van der Waals surface area (Å²) in [7, 11) is 2.08. The van der Waals surface area contributed by atoms with Crippen LogP contribution in [0.5, 0.6) is 0 Å². The maximum atomic E-state index is 12.1. The lowest BCUT2D eigenvalue weighted by Gasteiger charge is -2.30. The second kappa shape index (κ2) is 7.10. The Kier molecular flexibility index (Phi) is 6.07. The molecule has 0 spiro atoms. The van der Waals surface area contributed by atoms with Gasteiger partial charge in [0, 0.05) is 19.1 Å². The molecule has 1 fully saturated rings. The number of carbonyl (C=O) groups excluding carboxylic acids is 1. The zero-order chi connectivity index (χ0) is 14.5. The smallest absolute Gasteiger partial charge is 0.410 e. The quantitative estimate of drug-likeness (QED) is 0.826. The van der Waals surface area contributed by atoms with Crippen molar-refractivity contribution < 1.29 is 9.53 Å². The SMILES string of the molecule is CN(CCCN)CC1CCCN1C(=O)OC(C)(C)C. The Morgan fingerprint density at radius 2 is 2.16 bits per heavy atom. The zero-order valence-electron chi connectivity index (χ0n) is 12.8. The topological polar surface area (TPSA) is 58.8 Å². The standard InChI is InChI=1S/C14H29N3O2/c1-14(2,3)19-13(18)17-10-5-7-12(17)11-16(4)9-6-8-15/h12H,5-11,15H2,1-4H3. The number of likely N-dealkylation sites (tertiary alicyclic amines) is 1. The van der Waals surface area contributed by atoms with E-state index in [9.17, 15) is 4.79 Å². The van der Waals surface area contributed by atoms with Crippen molar-refractivity contribution in [2.45, 2.75) is 51.7 Å². The van der Waals surface area contributed by atoms with Gasteiger partial charge in [-0.3, -0.25) is 0 Å². The Morgan fingerprint density at radius 1 is 1.47 bits per heavy atom. The number of hydrogen-bond acceptors (Lipinski definition) is 4. The highest BCUT2D eigenvalue weighted by Gasteiger charge is 2.32. The number of nitrogens with two attached hydrogens (primary N) is 1. The lowest BCUT2D eigenvalue weighted by molar-refractivity contribution is 0.0203. The summed E-state index contributed by atoms with van der Waals surface area (Å²) in [6.07, 6.45) is 2.94. The van der Waals surface area contributed by atoms with E-state index in [2.05, 4.69) is 11.9 Å². The predicted molar refractivity (Wildman–Crippen MR) is 77.1 cm³/mol. The van der Waals surface area contributed by atoms with Crippen LogP contribution in [0.25, 0.3) is 0 Å². The highest BCUT2D eigenvalue weighted by atomic mass is 16.6. The van der Waals surface area contributed by atoms with E-state index in [1.165, 1.54) is 0 Å². The highest BCUT2D eigenvalue weighted by molar-refractivity contribution is 5.69. The van der Waals surface area contributed by atoms with Crippen LogP contribution in [0.2, 0.25) is 0 Å². The van der Waals surface area contributed by atoms with Crippen molar-refractivity contribution in [2.24, 2.45) is 5.73 Å². The van der Waals surface area contributed by atoms with Gasteiger partial charge in [-0.05, 0) is 60.2 Å². The van der Waals surface area contributed by atoms with Crippen LogP contribution in [-0.2, 0) is 4.74 Å². The first-order valence-corrected chi connectivity index (χ1v) is 7.21. The number of nitrogens with zero attached hydrogens (tertiary/aromatic N) is 2. The number of amides is 1. The van der Waals surface area contributed by atoms with Crippen LogP contribution in [-0.4, -0.2) is 60.8 Å². The Bertz CT molecular complexity index is 289. The molecule has 1 rings (SSSR count). The molecule has 1 amide bonds. The molecule has 112 valence electrons. The fourth-order valence-electron chi connectivity index (χ4n) is 2.40. The molecule has 0 radical (unpaired) electrons. The van der Waals surface area contributed by atoms with Crippen LogP contribution >= 0.6 is 0 Å². The number of ether oxygens (including phenoxy) is 1. The second-order valence-corrected chi connectivity index (χ2v) is 6.37. The van der Waals surface area contributed by atoms with Crippen LogP contribution in [0, 0.1) is 0 Å². The summed E-state index contributed by atoms with van der Waals surface area (Å²) >= 11 is 0. The minimum atomic E-state index is -0.421. The van der Waals surface area contributed by atoms with E-state index in [1.807, 2.05) is 25.7 Å². The average Bonchev–Trinajstić information content (AvgIpc) is 2.72. The van der Waals surface area contributed by atoms with Gasteiger partial charge >= 0.3 is 6.09 Å². The molecule has 2 N–H and O–H groups in total. The number of likely N-dealkylation sites (N-methyl/N-ethyl adjacent to an activating group) is 1. The lowest BCUT2D eigenvalue weighted by Crippen LogP contribution is -2.44. The predicted octanol–water partition coefficient (Wildman–Crippen LogP) is 1.67. The Labute approximate surface area is 117 Å². The van der Waals surface area contributed by atoms with Crippen molar-refractivity contribution in [2.75, 3.05) is 33.2 Å². The van der Waals surface area contributed by atoms with Crippen LogP contribution in [0.15, 0.2) is 0 Å². The fraction of sp³-hybridized carbons (Fsp3) is 0.929. The highest BCUT2D eigenvalue weighted by Crippen LogP contribution is 2.21. The number of rotatable bonds is 5. The van der Waals surface area contributed by atoms with Gasteiger partial charge < -0.3 is 20.3 Å². The van der Waals surface area contributed by atoms with Gasteiger partial charge in [-0.25, -0.2) is 4.79 Å². The molecule has 0 aromatic heterocycles. The Balaban J connectivity index is 2.47. The van der Waals surface area contributed by atoms with E-state index < -0.39 is 5.60 Å². The van der Waals surface area contributed by atoms with Crippen molar-refractivity contribution in [3.8, 4) is 0 Å². The third-order valence-electron chi connectivity index (χ3n) is 3.27. The third kappa shape index (κ3) is 5.78. The first-order chi connectivity index (χ1) is 8.83. The second-order valence-electron chi connectivity index (χ2n) is 6.37. The molecule has 1 heterocycles. The van der Waals surface area contributed by atoms with Gasteiger partial charge in [0.2, 0.25) is 0 Å². The minimum absolute atomic E-state index is 0.178. The number of hydrogen-bond donors (Lipinski definition) is 1. The van der Waals surface area contributed by atoms with Gasteiger partial charge in [0.1, 0.15) is 5.60 Å². The molecular weight excluding hydrogens is 242 g/mol. The van der Waals surface area contributed by atoms with E-state index in [-0.39, 0.29) is 12.1 Å². The molecule has 0 bridgehead atoms. The van der Waals surface area contributed by atoms with E-state index in [0.29, 0.717) is 6.54 Å². The molecule has 1 saturated heterocycles. The number of carbonyl (C=O) groups is 1. The normalized spacial score (nSPS) is 20.1. The van der Waals surface area contributed by atoms with Gasteiger partial charge in [0.05, 0.1) is 0 Å². The molecule has 0 saturated carbocycles. The summed E-state index contributed by atoms with van der Waals surface area (Å²) in [5, 5.41) is 0. The summed E-state index contributed by atoms with van der Waals surface area (Å²) in [4.78, 5) is 16.3. The minimum Gasteiger partial charge on any atom is -0.444 e. The van der Waals surface area contributed by atoms with Crippen molar-refractivity contribution >= 4 is 6.09 Å². The van der Waals surface area contributed by atoms with E-state index >= 15 is 0 Å². The van der Waals surface area contributed by atoms with Crippen LogP contribution in [0.1, 0.15) is 40.0 Å². The van der Waals surface area contributed by atoms with E-state index in [4.69, 9.17) is 10.5 Å². The molecule has 0 aromatic rings. The van der Waals surface area contributed by atoms with Crippen molar-refractivity contribution in [1.29, 1.82) is 0 Å². The molecule has 19 heavy (non-hydrogen) atoms. The van der Waals surface area contributed by atoms with Gasteiger partial charge in [-0.2, -0.15) is 0 Å². The van der Waals surface area contributed by atoms with Crippen LogP contribution in [0.4, 0.5) is 4.79 Å². The summed E-state index contributed by atoms with van der Waals surface area (Å²) < 4.78 is 5.46. The molecule has 0 aliphatic carbocycles. The first kappa shape index (κ1) is 16.2. The molecule has 5 nitrogen and oxygen atoms in total. The lowest BCUT2D eigenvalue weighted by atomic mass is 10.2. The van der Waals surface area contributed by atoms with Gasteiger partial charge in [0.15, 0.2) is 0 Å². The molecule has 1 atom stereocenters. The van der Waals surface area contributed by atoms with Gasteiger partial charge in [-0.1, -0.05) is 0 Å². The average molecular weight is 271 g/mol. The van der Waals surface area contributed by atoms with Crippen molar-refractivity contribution in [3.63, 3.8) is 0 Å². The summed E-state index contributed by atoms with van der Waals surface area (Å²) in [6, 6.07) is 0.276. The molecule has 1 aliphatic heterocycles. The molecule has 0 aromatic carbocycles. The summed E-state index contributed by atoms with van der Waals surface area (Å²) in [6.45, 7) is 9.12. The monoisotopic (exact) mass is 271 g/mol. The Morgan fingerprint density at radius 3 is 2.74 bits per heavy atom. The first-order valence-electron chi connectivity index (χ1n) is 7.21. The fourth-order valence-corrected chi connectivity index (χ4v) is 2.40. The zero-order valence-corrected chi connectivity index (χ0v) is 12.8. The van der Waals surface area contributed by atoms with Crippen molar-refractivity contribution in [3.05, 3.63) is 0 Å². The maximum absolute atomic E-state index is 12.1. The molecule has 5 heteroatoms. The Hall–Kier alpha value is -0.810. The van der Waals surface area contributed by atoms with E-state index in [0.717, 1.165) is 38.9 Å². The molecule has 1 aliphatic rings. The van der Waals surface area contributed by atoms with E-state index in [1.54, 1.807) is 0 Å². The summed E-state index contributed by atoms with van der Waals surface area (Å²) in [5.41, 5.74) is 5.10. The molecule has 1 unspecified atom stereocenters. The van der Waals surface area contributed by atoms with Crippen molar-refractivity contribution in [1.82, 2.24) is 9.80 Å².